The number of nitrogens with zero attached hydrogens (tertiary/aromatic N) is 1. The standard InChI is InChI=1S/C13H18ClNO/c1-4-13(2,3)15(12(16)10-14)11-8-6-5-7-9-11/h5-9H,4,10H2,1-3H3. The van der Waals surface area contributed by atoms with E-state index in [-0.39, 0.29) is 17.3 Å². The van der Waals surface area contributed by atoms with Gasteiger partial charge in [-0.2, -0.15) is 0 Å². The molecule has 0 aliphatic heterocycles. The Labute approximate surface area is 102 Å². The number of rotatable bonds is 4. The second kappa shape index (κ2) is 5.35. The first-order valence-electron chi connectivity index (χ1n) is 5.47. The smallest absolute Gasteiger partial charge is 0.242 e. The lowest BCUT2D eigenvalue weighted by molar-refractivity contribution is -0.117. The van der Waals surface area contributed by atoms with Crippen molar-refractivity contribution in [2.45, 2.75) is 32.7 Å². The van der Waals surface area contributed by atoms with Gasteiger partial charge in [-0.3, -0.25) is 4.79 Å². The minimum absolute atomic E-state index is 0.0122. The Morgan fingerprint density at radius 2 is 1.88 bits per heavy atom. The molecule has 0 bridgehead atoms. The van der Waals surface area contributed by atoms with Crippen molar-refractivity contribution in [3.63, 3.8) is 0 Å². The molecule has 0 aliphatic carbocycles. The first kappa shape index (κ1) is 13.0. The molecule has 16 heavy (non-hydrogen) atoms. The normalized spacial score (nSPS) is 11.2. The molecule has 0 heterocycles. The molecule has 0 saturated heterocycles. The van der Waals surface area contributed by atoms with Crippen LogP contribution in [0, 0.1) is 0 Å². The van der Waals surface area contributed by atoms with Crippen molar-refractivity contribution in [2.24, 2.45) is 0 Å². The van der Waals surface area contributed by atoms with Crippen molar-refractivity contribution in [3.05, 3.63) is 30.3 Å². The van der Waals surface area contributed by atoms with Crippen LogP contribution in [0.15, 0.2) is 30.3 Å². The number of halogens is 1. The zero-order valence-corrected chi connectivity index (χ0v) is 10.8. The largest absolute Gasteiger partial charge is 0.306 e. The van der Waals surface area contributed by atoms with Crippen molar-refractivity contribution in [1.29, 1.82) is 0 Å². The fourth-order valence-electron chi connectivity index (χ4n) is 1.63. The molecule has 1 aromatic carbocycles. The van der Waals surface area contributed by atoms with Crippen molar-refractivity contribution in [3.8, 4) is 0 Å². The first-order chi connectivity index (χ1) is 7.53. The summed E-state index contributed by atoms with van der Waals surface area (Å²) < 4.78 is 0. The van der Waals surface area contributed by atoms with Gasteiger partial charge in [-0.05, 0) is 32.4 Å². The average Bonchev–Trinajstić information content (AvgIpc) is 2.30. The lowest BCUT2D eigenvalue weighted by Crippen LogP contribution is -2.48. The zero-order chi connectivity index (χ0) is 12.2. The van der Waals surface area contributed by atoms with Crippen LogP contribution in [0.1, 0.15) is 27.2 Å². The Balaban J connectivity index is 3.12. The molecule has 0 spiro atoms. The lowest BCUT2D eigenvalue weighted by Gasteiger charge is -2.37. The maximum atomic E-state index is 11.9. The topological polar surface area (TPSA) is 20.3 Å². The van der Waals surface area contributed by atoms with Gasteiger partial charge in [-0.1, -0.05) is 25.1 Å². The minimum Gasteiger partial charge on any atom is -0.306 e. The first-order valence-corrected chi connectivity index (χ1v) is 6.00. The summed E-state index contributed by atoms with van der Waals surface area (Å²) in [5.41, 5.74) is 0.688. The third kappa shape index (κ3) is 2.76. The summed E-state index contributed by atoms with van der Waals surface area (Å²) >= 11 is 5.67. The molecular formula is C13H18ClNO. The number of anilines is 1. The Bertz CT molecular complexity index is 348. The molecule has 1 rings (SSSR count). The molecule has 1 aromatic rings. The number of carbonyl (C=O) groups excluding carboxylic acids is 1. The van der Waals surface area contributed by atoms with Gasteiger partial charge >= 0.3 is 0 Å². The van der Waals surface area contributed by atoms with E-state index in [0.717, 1.165) is 12.1 Å². The van der Waals surface area contributed by atoms with Gasteiger partial charge in [0.05, 0.1) is 0 Å². The van der Waals surface area contributed by atoms with E-state index in [1.165, 1.54) is 0 Å². The van der Waals surface area contributed by atoms with Gasteiger partial charge in [0.25, 0.3) is 0 Å². The molecule has 0 atom stereocenters. The van der Waals surface area contributed by atoms with Crippen LogP contribution in [-0.2, 0) is 4.79 Å². The van der Waals surface area contributed by atoms with E-state index in [4.69, 9.17) is 11.6 Å². The van der Waals surface area contributed by atoms with Gasteiger partial charge < -0.3 is 4.90 Å². The van der Waals surface area contributed by atoms with Gasteiger partial charge in [0.1, 0.15) is 5.88 Å². The predicted molar refractivity (Wildman–Crippen MR) is 69.0 cm³/mol. The van der Waals surface area contributed by atoms with E-state index in [1.54, 1.807) is 4.90 Å². The van der Waals surface area contributed by atoms with E-state index >= 15 is 0 Å². The molecule has 88 valence electrons. The van der Waals surface area contributed by atoms with E-state index in [2.05, 4.69) is 6.92 Å². The lowest BCUT2D eigenvalue weighted by atomic mass is 9.98. The second-order valence-electron chi connectivity index (χ2n) is 4.36. The van der Waals surface area contributed by atoms with Crippen LogP contribution in [-0.4, -0.2) is 17.3 Å². The van der Waals surface area contributed by atoms with E-state index < -0.39 is 0 Å². The number of para-hydroxylation sites is 1. The summed E-state index contributed by atoms with van der Waals surface area (Å²) in [5.74, 6) is -0.0436. The van der Waals surface area contributed by atoms with Crippen LogP contribution < -0.4 is 4.90 Å². The molecule has 0 aliphatic rings. The SMILES string of the molecule is CCC(C)(C)N(C(=O)CCl)c1ccccc1. The van der Waals surface area contributed by atoms with Crippen LogP contribution in [0.25, 0.3) is 0 Å². The van der Waals surface area contributed by atoms with Crippen LogP contribution in [0.2, 0.25) is 0 Å². The fourth-order valence-corrected chi connectivity index (χ4v) is 1.75. The Morgan fingerprint density at radius 1 is 1.31 bits per heavy atom. The Morgan fingerprint density at radius 3 is 2.31 bits per heavy atom. The molecule has 0 N–H and O–H groups in total. The molecule has 2 nitrogen and oxygen atoms in total. The molecule has 0 radical (unpaired) electrons. The van der Waals surface area contributed by atoms with Gasteiger partial charge in [0.2, 0.25) is 5.91 Å². The molecule has 1 amide bonds. The fraction of sp³-hybridized carbons (Fsp3) is 0.462. The van der Waals surface area contributed by atoms with Crippen molar-refractivity contribution in [1.82, 2.24) is 0 Å². The Hall–Kier alpha value is -1.02. The number of carbonyl (C=O) groups is 1. The van der Waals surface area contributed by atoms with Crippen molar-refractivity contribution in [2.75, 3.05) is 10.8 Å². The number of amides is 1. The van der Waals surface area contributed by atoms with Gasteiger partial charge in [0.15, 0.2) is 0 Å². The quantitative estimate of drug-likeness (QED) is 0.737. The van der Waals surface area contributed by atoms with Crippen LogP contribution in [0.4, 0.5) is 5.69 Å². The Kier molecular flexibility index (Phi) is 4.36. The van der Waals surface area contributed by atoms with Gasteiger partial charge in [-0.15, -0.1) is 11.6 Å². The average molecular weight is 240 g/mol. The van der Waals surface area contributed by atoms with Crippen molar-refractivity contribution >= 4 is 23.2 Å². The highest BCUT2D eigenvalue weighted by Gasteiger charge is 2.29. The summed E-state index contributed by atoms with van der Waals surface area (Å²) in [6.45, 7) is 6.16. The summed E-state index contributed by atoms with van der Waals surface area (Å²) in [7, 11) is 0. The zero-order valence-electron chi connectivity index (χ0n) is 10.0. The van der Waals surface area contributed by atoms with E-state index in [0.29, 0.717) is 0 Å². The van der Waals surface area contributed by atoms with E-state index in [9.17, 15) is 4.79 Å². The highest BCUT2D eigenvalue weighted by atomic mass is 35.5. The molecule has 0 unspecified atom stereocenters. The summed E-state index contributed by atoms with van der Waals surface area (Å²) in [6.07, 6.45) is 0.879. The highest BCUT2D eigenvalue weighted by Crippen LogP contribution is 2.26. The summed E-state index contributed by atoms with van der Waals surface area (Å²) in [6, 6.07) is 9.65. The third-order valence-electron chi connectivity index (χ3n) is 2.85. The predicted octanol–water partition coefficient (Wildman–Crippen LogP) is 3.45. The van der Waals surface area contributed by atoms with Gasteiger partial charge in [-0.25, -0.2) is 0 Å². The van der Waals surface area contributed by atoms with Crippen LogP contribution in [0.5, 0.6) is 0 Å². The molecule has 0 aromatic heterocycles. The van der Waals surface area contributed by atoms with Crippen LogP contribution >= 0.6 is 11.6 Å². The monoisotopic (exact) mass is 239 g/mol. The number of hydrogen-bond donors (Lipinski definition) is 0. The summed E-state index contributed by atoms with van der Waals surface area (Å²) in [4.78, 5) is 13.7. The molecular weight excluding hydrogens is 222 g/mol. The van der Waals surface area contributed by atoms with Gasteiger partial charge in [0, 0.05) is 11.2 Å². The molecule has 0 saturated carbocycles. The molecule has 0 fully saturated rings. The summed E-state index contributed by atoms with van der Waals surface area (Å²) in [5, 5.41) is 0. The number of alkyl halides is 1. The number of hydrogen-bond acceptors (Lipinski definition) is 1. The third-order valence-corrected chi connectivity index (χ3v) is 3.08. The van der Waals surface area contributed by atoms with Crippen molar-refractivity contribution < 1.29 is 4.79 Å². The maximum Gasteiger partial charge on any atom is 0.242 e. The maximum absolute atomic E-state index is 11.9. The van der Waals surface area contributed by atoms with E-state index in [1.807, 2.05) is 44.2 Å². The number of benzene rings is 1. The molecule has 3 heteroatoms. The highest BCUT2D eigenvalue weighted by molar-refractivity contribution is 6.29. The second-order valence-corrected chi connectivity index (χ2v) is 4.63. The minimum atomic E-state index is -0.215. The van der Waals surface area contributed by atoms with Crippen LogP contribution in [0.3, 0.4) is 0 Å².